The van der Waals surface area contributed by atoms with E-state index in [4.69, 9.17) is 0 Å². The minimum atomic E-state index is -0.919. The van der Waals surface area contributed by atoms with Gasteiger partial charge in [0.25, 0.3) is 0 Å². The predicted octanol–water partition coefficient (Wildman–Crippen LogP) is 2.93. The zero-order valence-corrected chi connectivity index (χ0v) is 15.9. The molecule has 0 aliphatic carbocycles. The Kier molecular flexibility index (Phi) is 7.68. The molecule has 2 atom stereocenters. The molecule has 0 bridgehead atoms. The van der Waals surface area contributed by atoms with Crippen LogP contribution in [-0.2, 0) is 17.8 Å². The molecule has 0 aromatic heterocycles. The summed E-state index contributed by atoms with van der Waals surface area (Å²) in [5.74, 6) is -1.70. The lowest BCUT2D eigenvalue weighted by Gasteiger charge is -2.24. The van der Waals surface area contributed by atoms with E-state index in [0.29, 0.717) is 12.1 Å². The molecule has 0 fully saturated rings. The molecule has 2 aromatic carbocycles. The van der Waals surface area contributed by atoms with E-state index in [1.165, 1.54) is 19.1 Å². The third-order valence-electron chi connectivity index (χ3n) is 3.80. The molecule has 0 saturated heterocycles. The maximum Gasteiger partial charge on any atom is 0.217 e. The van der Waals surface area contributed by atoms with Crippen molar-refractivity contribution in [3.8, 4) is 0 Å². The van der Waals surface area contributed by atoms with E-state index in [2.05, 4.69) is 26.6 Å². The quantitative estimate of drug-likeness (QED) is 0.607. The number of aliphatic hydroxyl groups excluding tert-OH is 1. The number of carbonyl (C=O) groups excluding carboxylic acids is 1. The molecular weight excluding hydrogens is 406 g/mol. The smallest absolute Gasteiger partial charge is 0.217 e. The van der Waals surface area contributed by atoms with Crippen LogP contribution in [0.3, 0.4) is 0 Å². The largest absolute Gasteiger partial charge is 0.390 e. The summed E-state index contributed by atoms with van der Waals surface area (Å²) in [4.78, 5) is 11.4. The van der Waals surface area contributed by atoms with E-state index in [1.54, 1.807) is 0 Å². The first-order valence-electron chi connectivity index (χ1n) is 8.19. The molecule has 0 radical (unpaired) electrons. The van der Waals surface area contributed by atoms with Crippen LogP contribution in [0.15, 0.2) is 46.9 Å². The fourth-order valence-corrected chi connectivity index (χ4v) is 3.13. The Hall–Kier alpha value is -1.83. The van der Waals surface area contributed by atoms with Crippen molar-refractivity contribution in [2.45, 2.75) is 32.0 Å². The predicted molar refractivity (Wildman–Crippen MR) is 99.5 cm³/mol. The Morgan fingerprint density at radius 1 is 1.15 bits per heavy atom. The van der Waals surface area contributed by atoms with Gasteiger partial charge in [0.15, 0.2) is 0 Å². The maximum absolute atomic E-state index is 13.4. The number of nitrogens with one attached hydrogen (secondary N) is 2. The zero-order valence-electron chi connectivity index (χ0n) is 14.3. The first-order chi connectivity index (χ1) is 12.3. The van der Waals surface area contributed by atoms with Gasteiger partial charge in [0.05, 0.1) is 12.1 Å². The number of rotatable bonds is 8. The topological polar surface area (TPSA) is 61.4 Å². The summed E-state index contributed by atoms with van der Waals surface area (Å²) in [5, 5.41) is 16.2. The summed E-state index contributed by atoms with van der Waals surface area (Å²) in [6.07, 6.45) is -0.800. The second kappa shape index (κ2) is 9.75. The van der Waals surface area contributed by atoms with Crippen LogP contribution in [0.5, 0.6) is 0 Å². The molecule has 0 heterocycles. The van der Waals surface area contributed by atoms with Crippen LogP contribution in [0.1, 0.15) is 18.1 Å². The Morgan fingerprint density at radius 2 is 1.85 bits per heavy atom. The van der Waals surface area contributed by atoms with E-state index in [0.717, 1.165) is 16.1 Å². The van der Waals surface area contributed by atoms with Gasteiger partial charge in [-0.1, -0.05) is 28.1 Å². The SMILES string of the molecule is CC(=O)N[C@@H](Cc1cc(F)cc(F)c1)[C@H](O)CNCc1cccc(Br)c1. The molecule has 26 heavy (non-hydrogen) atoms. The number of carbonyl (C=O) groups is 1. The monoisotopic (exact) mass is 426 g/mol. The fraction of sp³-hybridized carbons (Fsp3) is 0.316. The lowest BCUT2D eigenvalue weighted by molar-refractivity contribution is -0.120. The van der Waals surface area contributed by atoms with Crippen molar-refractivity contribution in [3.05, 3.63) is 69.7 Å². The minimum Gasteiger partial charge on any atom is -0.390 e. The van der Waals surface area contributed by atoms with Crippen LogP contribution in [0.4, 0.5) is 8.78 Å². The third kappa shape index (κ3) is 6.82. The summed E-state index contributed by atoms with van der Waals surface area (Å²) in [7, 11) is 0. The third-order valence-corrected chi connectivity index (χ3v) is 4.30. The van der Waals surface area contributed by atoms with Gasteiger partial charge in [0.1, 0.15) is 11.6 Å². The average Bonchev–Trinajstić information content (AvgIpc) is 2.53. The van der Waals surface area contributed by atoms with Gasteiger partial charge >= 0.3 is 0 Å². The number of hydrogen-bond acceptors (Lipinski definition) is 3. The van der Waals surface area contributed by atoms with E-state index in [9.17, 15) is 18.7 Å². The molecule has 4 nitrogen and oxygen atoms in total. The highest BCUT2D eigenvalue weighted by Gasteiger charge is 2.21. The normalized spacial score (nSPS) is 13.3. The summed E-state index contributed by atoms with van der Waals surface area (Å²) in [6, 6.07) is 10.3. The Labute approximate surface area is 159 Å². The molecule has 1 amide bonds. The Bertz CT molecular complexity index is 738. The van der Waals surface area contributed by atoms with Gasteiger partial charge < -0.3 is 15.7 Å². The average molecular weight is 427 g/mol. The van der Waals surface area contributed by atoms with Crippen LogP contribution >= 0.6 is 15.9 Å². The van der Waals surface area contributed by atoms with Crippen molar-refractivity contribution >= 4 is 21.8 Å². The standard InChI is InChI=1S/C19H21BrF2N2O2/c1-12(25)24-18(8-14-6-16(21)9-17(22)7-14)19(26)11-23-10-13-3-2-4-15(20)5-13/h2-7,9,18-19,23,26H,8,10-11H2,1H3,(H,24,25)/t18-,19+/m0/s1. The molecule has 140 valence electrons. The van der Waals surface area contributed by atoms with Crippen molar-refractivity contribution in [1.29, 1.82) is 0 Å². The molecule has 0 spiro atoms. The van der Waals surface area contributed by atoms with Crippen LogP contribution in [0.2, 0.25) is 0 Å². The van der Waals surface area contributed by atoms with E-state index < -0.39 is 23.8 Å². The summed E-state index contributed by atoms with van der Waals surface area (Å²) < 4.78 is 27.7. The van der Waals surface area contributed by atoms with Gasteiger partial charge in [-0.3, -0.25) is 4.79 Å². The second-order valence-electron chi connectivity index (χ2n) is 6.12. The highest BCUT2D eigenvalue weighted by molar-refractivity contribution is 9.10. The van der Waals surface area contributed by atoms with Crippen LogP contribution in [-0.4, -0.2) is 29.7 Å². The first kappa shape index (κ1) is 20.5. The highest BCUT2D eigenvalue weighted by atomic mass is 79.9. The minimum absolute atomic E-state index is 0.119. The van der Waals surface area contributed by atoms with E-state index in [-0.39, 0.29) is 18.9 Å². The van der Waals surface area contributed by atoms with Crippen LogP contribution in [0, 0.1) is 11.6 Å². The molecule has 2 aromatic rings. The number of benzene rings is 2. The van der Waals surface area contributed by atoms with Crippen molar-refractivity contribution < 1.29 is 18.7 Å². The van der Waals surface area contributed by atoms with Gasteiger partial charge in [0.2, 0.25) is 5.91 Å². The van der Waals surface area contributed by atoms with Gasteiger partial charge in [-0.2, -0.15) is 0 Å². The fourth-order valence-electron chi connectivity index (χ4n) is 2.68. The zero-order chi connectivity index (χ0) is 19.1. The van der Waals surface area contributed by atoms with Crippen molar-refractivity contribution in [2.24, 2.45) is 0 Å². The number of aliphatic hydroxyl groups is 1. The molecule has 0 aliphatic heterocycles. The number of halogens is 3. The molecule has 3 N–H and O–H groups in total. The van der Waals surface area contributed by atoms with Crippen LogP contribution in [0.25, 0.3) is 0 Å². The van der Waals surface area contributed by atoms with Crippen LogP contribution < -0.4 is 10.6 Å². The van der Waals surface area contributed by atoms with Gasteiger partial charge in [-0.25, -0.2) is 8.78 Å². The van der Waals surface area contributed by atoms with Crippen molar-refractivity contribution in [3.63, 3.8) is 0 Å². The van der Waals surface area contributed by atoms with E-state index in [1.807, 2.05) is 24.3 Å². The lowest BCUT2D eigenvalue weighted by atomic mass is 10.0. The number of amides is 1. The van der Waals surface area contributed by atoms with Gasteiger partial charge in [0, 0.05) is 30.6 Å². The van der Waals surface area contributed by atoms with Crippen molar-refractivity contribution in [1.82, 2.24) is 10.6 Å². The summed E-state index contributed by atoms with van der Waals surface area (Å²) >= 11 is 3.40. The molecule has 0 saturated carbocycles. The molecule has 2 rings (SSSR count). The Morgan fingerprint density at radius 3 is 2.46 bits per heavy atom. The molecule has 7 heteroatoms. The molecule has 0 unspecified atom stereocenters. The number of hydrogen-bond donors (Lipinski definition) is 3. The summed E-state index contributed by atoms with van der Waals surface area (Å²) in [6.45, 7) is 2.09. The second-order valence-corrected chi connectivity index (χ2v) is 7.03. The Balaban J connectivity index is 1.97. The molecule has 0 aliphatic rings. The van der Waals surface area contributed by atoms with Gasteiger partial charge in [-0.05, 0) is 41.8 Å². The highest BCUT2D eigenvalue weighted by Crippen LogP contribution is 2.13. The maximum atomic E-state index is 13.4. The first-order valence-corrected chi connectivity index (χ1v) is 8.98. The van der Waals surface area contributed by atoms with Crippen molar-refractivity contribution in [2.75, 3.05) is 6.54 Å². The lowest BCUT2D eigenvalue weighted by Crippen LogP contribution is -2.48. The molecular formula is C19H21BrF2N2O2. The van der Waals surface area contributed by atoms with E-state index >= 15 is 0 Å². The van der Waals surface area contributed by atoms with Gasteiger partial charge in [-0.15, -0.1) is 0 Å². The summed E-state index contributed by atoms with van der Waals surface area (Å²) in [5.41, 5.74) is 1.40.